The molecule has 0 amide bonds. The summed E-state index contributed by atoms with van der Waals surface area (Å²) in [5, 5.41) is 0. The highest BCUT2D eigenvalue weighted by Gasteiger charge is 2.43. The van der Waals surface area contributed by atoms with Gasteiger partial charge in [-0.3, -0.25) is 0 Å². The molecule has 0 bridgehead atoms. The van der Waals surface area contributed by atoms with Crippen LogP contribution in [0.3, 0.4) is 0 Å². The standard InChI is InChI=1S/C20H47N3O2Si/c1-10-13-21(4)16-20(17-22(5)14-11-2,18-23(6)15-12-3)19-26(9,24-7)25-8/h10-19H2,1-9H3. The van der Waals surface area contributed by atoms with Crippen molar-refractivity contribution in [2.75, 3.05) is 74.6 Å². The van der Waals surface area contributed by atoms with E-state index in [1.165, 1.54) is 19.3 Å². The maximum Gasteiger partial charge on any atom is 0.335 e. The van der Waals surface area contributed by atoms with Crippen LogP contribution >= 0.6 is 0 Å². The molecule has 26 heavy (non-hydrogen) atoms. The lowest BCUT2D eigenvalue weighted by atomic mass is 9.87. The number of rotatable bonds is 16. The molecule has 0 aromatic rings. The van der Waals surface area contributed by atoms with Crippen LogP contribution in [0.2, 0.25) is 12.6 Å². The molecule has 0 fully saturated rings. The summed E-state index contributed by atoms with van der Waals surface area (Å²) in [6, 6.07) is 1.02. The van der Waals surface area contributed by atoms with E-state index in [-0.39, 0.29) is 5.41 Å². The molecule has 5 nitrogen and oxygen atoms in total. The normalized spacial score (nSPS) is 13.4. The molecular weight excluding hydrogens is 342 g/mol. The van der Waals surface area contributed by atoms with Crippen molar-refractivity contribution in [1.29, 1.82) is 0 Å². The minimum Gasteiger partial charge on any atom is -0.398 e. The van der Waals surface area contributed by atoms with Crippen molar-refractivity contribution < 1.29 is 8.85 Å². The zero-order valence-corrected chi connectivity index (χ0v) is 20.2. The van der Waals surface area contributed by atoms with Gasteiger partial charge in [0.1, 0.15) is 0 Å². The molecule has 6 heteroatoms. The second-order valence-electron chi connectivity index (χ2n) is 8.43. The number of hydrogen-bond acceptors (Lipinski definition) is 5. The Morgan fingerprint density at radius 3 is 1.23 bits per heavy atom. The summed E-state index contributed by atoms with van der Waals surface area (Å²) in [6.07, 6.45) is 3.56. The monoisotopic (exact) mass is 389 g/mol. The van der Waals surface area contributed by atoms with E-state index in [1.54, 1.807) is 0 Å². The highest BCUT2D eigenvalue weighted by Crippen LogP contribution is 2.33. The Kier molecular flexibility index (Phi) is 13.2. The fraction of sp³-hybridized carbons (Fsp3) is 1.00. The van der Waals surface area contributed by atoms with Crippen molar-refractivity contribution in [2.45, 2.75) is 52.6 Å². The molecule has 0 aliphatic rings. The van der Waals surface area contributed by atoms with Gasteiger partial charge in [0.15, 0.2) is 0 Å². The van der Waals surface area contributed by atoms with Gasteiger partial charge in [-0.15, -0.1) is 0 Å². The molecule has 0 aromatic heterocycles. The van der Waals surface area contributed by atoms with E-state index in [0.29, 0.717) is 0 Å². The van der Waals surface area contributed by atoms with Crippen molar-refractivity contribution in [3.8, 4) is 0 Å². The van der Waals surface area contributed by atoms with Crippen LogP contribution in [0.4, 0.5) is 0 Å². The third-order valence-electron chi connectivity index (χ3n) is 5.19. The maximum atomic E-state index is 5.93. The van der Waals surface area contributed by atoms with Crippen LogP contribution in [0.5, 0.6) is 0 Å². The van der Waals surface area contributed by atoms with Gasteiger partial charge in [-0.05, 0) is 66.6 Å². The molecule has 0 unspecified atom stereocenters. The largest absolute Gasteiger partial charge is 0.398 e. The Morgan fingerprint density at radius 1 is 0.692 bits per heavy atom. The third kappa shape index (κ3) is 9.81. The highest BCUT2D eigenvalue weighted by atomic mass is 28.4. The summed E-state index contributed by atoms with van der Waals surface area (Å²) in [5.74, 6) is 0. The van der Waals surface area contributed by atoms with Gasteiger partial charge in [-0.25, -0.2) is 0 Å². The first-order valence-corrected chi connectivity index (χ1v) is 12.9. The summed E-state index contributed by atoms with van der Waals surface area (Å²) in [4.78, 5) is 7.50. The van der Waals surface area contributed by atoms with E-state index in [9.17, 15) is 0 Å². The van der Waals surface area contributed by atoms with E-state index >= 15 is 0 Å². The van der Waals surface area contributed by atoms with Gasteiger partial charge >= 0.3 is 8.56 Å². The fourth-order valence-electron chi connectivity index (χ4n) is 4.33. The molecule has 0 N–H and O–H groups in total. The summed E-state index contributed by atoms with van der Waals surface area (Å²) in [7, 11) is 8.24. The molecule has 0 aliphatic carbocycles. The van der Waals surface area contributed by atoms with Crippen LogP contribution in [0.1, 0.15) is 40.0 Å². The van der Waals surface area contributed by atoms with Crippen molar-refractivity contribution >= 4 is 8.56 Å². The molecule has 0 aromatic carbocycles. The van der Waals surface area contributed by atoms with Crippen LogP contribution in [-0.4, -0.2) is 97.9 Å². The molecule has 0 heterocycles. The van der Waals surface area contributed by atoms with Crippen LogP contribution in [0, 0.1) is 5.41 Å². The van der Waals surface area contributed by atoms with Gasteiger partial charge in [0, 0.05) is 45.3 Å². The fourth-order valence-corrected chi connectivity index (χ4v) is 6.48. The van der Waals surface area contributed by atoms with Crippen molar-refractivity contribution in [1.82, 2.24) is 14.7 Å². The lowest BCUT2D eigenvalue weighted by Gasteiger charge is -2.45. The average molecular weight is 390 g/mol. The van der Waals surface area contributed by atoms with E-state index in [0.717, 1.165) is 45.3 Å². The predicted molar refractivity (Wildman–Crippen MR) is 116 cm³/mol. The summed E-state index contributed by atoms with van der Waals surface area (Å²) >= 11 is 0. The summed E-state index contributed by atoms with van der Waals surface area (Å²) in [5.41, 5.74) is 0.144. The molecule has 0 rings (SSSR count). The van der Waals surface area contributed by atoms with E-state index < -0.39 is 8.56 Å². The first-order chi connectivity index (χ1) is 12.2. The first kappa shape index (κ1) is 26.0. The zero-order chi connectivity index (χ0) is 20.2. The second kappa shape index (κ2) is 13.2. The van der Waals surface area contributed by atoms with Gasteiger partial charge in [0.05, 0.1) is 0 Å². The van der Waals surface area contributed by atoms with Gasteiger partial charge in [-0.2, -0.15) is 0 Å². The van der Waals surface area contributed by atoms with Gasteiger partial charge in [0.25, 0.3) is 0 Å². The number of hydrogen-bond donors (Lipinski definition) is 0. The predicted octanol–water partition coefficient (Wildman–Crippen LogP) is 3.36. The number of nitrogens with zero attached hydrogens (tertiary/aromatic N) is 3. The van der Waals surface area contributed by atoms with Crippen molar-refractivity contribution in [3.63, 3.8) is 0 Å². The molecule has 0 spiro atoms. The van der Waals surface area contributed by atoms with E-state index in [4.69, 9.17) is 8.85 Å². The van der Waals surface area contributed by atoms with Crippen molar-refractivity contribution in [2.24, 2.45) is 5.41 Å². The molecule has 0 saturated heterocycles. The van der Waals surface area contributed by atoms with E-state index in [2.05, 4.69) is 63.2 Å². The summed E-state index contributed by atoms with van der Waals surface area (Å²) < 4.78 is 11.9. The summed E-state index contributed by atoms with van der Waals surface area (Å²) in [6.45, 7) is 15.6. The highest BCUT2D eigenvalue weighted by molar-refractivity contribution is 6.66. The minimum absolute atomic E-state index is 0.144. The van der Waals surface area contributed by atoms with E-state index in [1.807, 2.05) is 14.2 Å². The second-order valence-corrected chi connectivity index (χ2v) is 11.9. The first-order valence-electron chi connectivity index (χ1n) is 10.4. The SMILES string of the molecule is CCCN(C)CC(CN(C)CCC)(CN(C)CCC)C[Si](C)(OC)OC. The van der Waals surface area contributed by atoms with Crippen LogP contribution in [0.25, 0.3) is 0 Å². The molecule has 0 atom stereocenters. The molecule has 158 valence electrons. The minimum atomic E-state index is -2.18. The van der Waals surface area contributed by atoms with Crippen molar-refractivity contribution in [3.05, 3.63) is 0 Å². The topological polar surface area (TPSA) is 28.2 Å². The zero-order valence-electron chi connectivity index (χ0n) is 19.2. The molecular formula is C20H47N3O2Si. The molecule has 0 aliphatic heterocycles. The Bertz CT molecular complexity index is 318. The Morgan fingerprint density at radius 2 is 1.00 bits per heavy atom. The lowest BCUT2D eigenvalue weighted by molar-refractivity contribution is 0.0819. The Balaban J connectivity index is 5.69. The molecule has 0 saturated carbocycles. The van der Waals surface area contributed by atoms with Crippen LogP contribution < -0.4 is 0 Å². The third-order valence-corrected chi connectivity index (χ3v) is 8.31. The Labute approximate surface area is 165 Å². The smallest absolute Gasteiger partial charge is 0.335 e. The van der Waals surface area contributed by atoms with Crippen LogP contribution in [-0.2, 0) is 8.85 Å². The van der Waals surface area contributed by atoms with Gasteiger partial charge < -0.3 is 23.6 Å². The quantitative estimate of drug-likeness (QED) is 0.377. The van der Waals surface area contributed by atoms with Gasteiger partial charge in [-0.1, -0.05) is 20.8 Å². The average Bonchev–Trinajstić information content (AvgIpc) is 2.54. The maximum absolute atomic E-state index is 5.93. The molecule has 0 radical (unpaired) electrons. The Hall–Kier alpha value is 0.0169. The van der Waals surface area contributed by atoms with Crippen LogP contribution in [0.15, 0.2) is 0 Å². The lowest BCUT2D eigenvalue weighted by Crippen LogP contribution is -2.55. The van der Waals surface area contributed by atoms with Gasteiger partial charge in [0.2, 0.25) is 0 Å².